The van der Waals surface area contributed by atoms with Gasteiger partial charge >= 0.3 is 0 Å². The normalized spacial score (nSPS) is 15.1. The first kappa shape index (κ1) is 26.7. The van der Waals surface area contributed by atoms with Gasteiger partial charge in [0, 0.05) is 32.2 Å². The second-order valence-electron chi connectivity index (χ2n) is 7.90. The molecule has 0 radical (unpaired) electrons. The summed E-state index contributed by atoms with van der Waals surface area (Å²) in [5.41, 5.74) is 8.99. The summed E-state index contributed by atoms with van der Waals surface area (Å²) in [6, 6.07) is 11.6. The van der Waals surface area contributed by atoms with E-state index in [-0.39, 0.29) is 23.1 Å². The highest BCUT2D eigenvalue weighted by Crippen LogP contribution is 2.31. The highest BCUT2D eigenvalue weighted by molar-refractivity contribution is 7.89. The van der Waals surface area contributed by atoms with Gasteiger partial charge in [-0.25, -0.2) is 18.6 Å². The molecule has 0 atom stereocenters. The molecule has 0 aliphatic carbocycles. The Hall–Kier alpha value is -2.90. The van der Waals surface area contributed by atoms with Gasteiger partial charge in [0.05, 0.1) is 19.8 Å². The lowest BCUT2D eigenvalue weighted by Crippen LogP contribution is -2.41. The maximum absolute atomic E-state index is 13.0. The molecule has 2 aromatic rings. The predicted molar refractivity (Wildman–Crippen MR) is 132 cm³/mol. The molecule has 0 saturated carbocycles. The molecule has 0 aromatic heterocycles. The van der Waals surface area contributed by atoms with Crippen molar-refractivity contribution in [3.8, 4) is 17.2 Å². The molecule has 1 heterocycles. The molecule has 1 aliphatic heterocycles. The van der Waals surface area contributed by atoms with E-state index in [1.54, 1.807) is 36.4 Å². The fraction of sp³-hybridized carbons (Fsp3) is 0.435. The van der Waals surface area contributed by atoms with Crippen molar-refractivity contribution in [2.75, 3.05) is 46.0 Å². The van der Waals surface area contributed by atoms with Gasteiger partial charge in [0.1, 0.15) is 16.4 Å². The first-order chi connectivity index (χ1) is 16.9. The number of hydrogen-bond acceptors (Lipinski definition) is 8. The average molecular weight is 508 g/mol. The molecule has 0 unspecified atom stereocenters. The van der Waals surface area contributed by atoms with Gasteiger partial charge in [-0.2, -0.15) is 0 Å². The van der Waals surface area contributed by atoms with Gasteiger partial charge in [-0.15, -0.1) is 0 Å². The van der Waals surface area contributed by atoms with Crippen LogP contribution in [0.15, 0.2) is 52.5 Å². The van der Waals surface area contributed by atoms with E-state index >= 15 is 0 Å². The van der Waals surface area contributed by atoms with Crippen LogP contribution < -0.4 is 25.5 Å². The van der Waals surface area contributed by atoms with Gasteiger partial charge in [-0.1, -0.05) is 19.1 Å². The predicted octanol–water partition coefficient (Wildman–Crippen LogP) is 1.94. The summed E-state index contributed by atoms with van der Waals surface area (Å²) in [5, 5.41) is 3.77. The quantitative estimate of drug-likeness (QED) is 0.170. The van der Waals surface area contributed by atoms with Gasteiger partial charge < -0.3 is 20.0 Å². The highest BCUT2D eigenvalue weighted by Gasteiger charge is 2.20. The summed E-state index contributed by atoms with van der Waals surface area (Å²) >= 11 is 0. The molecule has 4 N–H and O–H groups in total. The van der Waals surface area contributed by atoms with Gasteiger partial charge in [0.25, 0.3) is 5.96 Å². The van der Waals surface area contributed by atoms with Crippen molar-refractivity contribution in [3.63, 3.8) is 0 Å². The molecule has 35 heavy (non-hydrogen) atoms. The number of morpholine rings is 1. The van der Waals surface area contributed by atoms with E-state index in [2.05, 4.69) is 20.3 Å². The number of hydroxylamine groups is 1. The first-order valence-electron chi connectivity index (χ1n) is 11.4. The minimum atomic E-state index is -3.79. The van der Waals surface area contributed by atoms with Gasteiger partial charge in [-0.3, -0.25) is 9.74 Å². The SMILES string of the molecule is CCCONC(N)=NOc1cc(C)cc(Oc2ccccc2S(=O)(=O)NCCN2CCOCC2)c1. The van der Waals surface area contributed by atoms with Crippen LogP contribution >= 0.6 is 0 Å². The number of para-hydroxylation sites is 1. The van der Waals surface area contributed by atoms with E-state index < -0.39 is 10.0 Å². The summed E-state index contributed by atoms with van der Waals surface area (Å²) in [5.74, 6) is 0.909. The number of ether oxygens (including phenoxy) is 2. The number of nitrogens with zero attached hydrogens (tertiary/aromatic N) is 2. The van der Waals surface area contributed by atoms with Gasteiger partial charge in [0.2, 0.25) is 10.0 Å². The number of hydrogen-bond donors (Lipinski definition) is 3. The molecule has 192 valence electrons. The zero-order valence-corrected chi connectivity index (χ0v) is 20.8. The summed E-state index contributed by atoms with van der Waals surface area (Å²) in [4.78, 5) is 12.7. The van der Waals surface area contributed by atoms with Crippen LogP contribution in [0.25, 0.3) is 0 Å². The Morgan fingerprint density at radius 2 is 1.91 bits per heavy atom. The Balaban J connectivity index is 1.67. The van der Waals surface area contributed by atoms with E-state index in [4.69, 9.17) is 24.9 Å². The Morgan fingerprint density at radius 3 is 2.69 bits per heavy atom. The first-order valence-corrected chi connectivity index (χ1v) is 12.9. The van der Waals surface area contributed by atoms with Crippen LogP contribution in [0.4, 0.5) is 0 Å². The van der Waals surface area contributed by atoms with Crippen molar-refractivity contribution in [2.45, 2.75) is 25.2 Å². The number of oxime groups is 1. The summed E-state index contributed by atoms with van der Waals surface area (Å²) in [7, 11) is -3.79. The maximum atomic E-state index is 13.0. The van der Waals surface area contributed by atoms with Gasteiger partial charge in [0.15, 0.2) is 5.75 Å². The average Bonchev–Trinajstić information content (AvgIpc) is 2.83. The number of sulfonamides is 1. The molecule has 2 aromatic carbocycles. The van der Waals surface area contributed by atoms with Crippen molar-refractivity contribution in [3.05, 3.63) is 48.0 Å². The number of aryl methyl sites for hydroxylation is 1. The molecular formula is C23H33N5O6S. The second-order valence-corrected chi connectivity index (χ2v) is 9.64. The number of benzene rings is 2. The second kappa shape index (κ2) is 13.3. The van der Waals surface area contributed by atoms with Crippen molar-refractivity contribution < 1.29 is 27.6 Å². The van der Waals surface area contributed by atoms with E-state index in [1.165, 1.54) is 6.07 Å². The smallest absolute Gasteiger partial charge is 0.255 e. The molecule has 12 heteroatoms. The van der Waals surface area contributed by atoms with Crippen molar-refractivity contribution >= 4 is 16.0 Å². The lowest BCUT2D eigenvalue weighted by molar-refractivity contribution is 0.0390. The van der Waals surface area contributed by atoms with Crippen LogP contribution in [0.1, 0.15) is 18.9 Å². The third-order valence-corrected chi connectivity index (χ3v) is 6.45. The summed E-state index contributed by atoms with van der Waals surface area (Å²) < 4.78 is 39.9. The minimum Gasteiger partial charge on any atom is -0.456 e. The maximum Gasteiger partial charge on any atom is 0.255 e. The molecule has 1 saturated heterocycles. The lowest BCUT2D eigenvalue weighted by Gasteiger charge is -2.26. The van der Waals surface area contributed by atoms with Crippen LogP contribution in [0.2, 0.25) is 0 Å². The Morgan fingerprint density at radius 1 is 1.17 bits per heavy atom. The van der Waals surface area contributed by atoms with Crippen LogP contribution in [-0.2, 0) is 19.6 Å². The van der Waals surface area contributed by atoms with Crippen LogP contribution in [0, 0.1) is 6.92 Å². The number of rotatable bonds is 12. The van der Waals surface area contributed by atoms with Crippen molar-refractivity contribution in [1.82, 2.24) is 15.1 Å². The zero-order chi connectivity index (χ0) is 25.1. The van der Waals surface area contributed by atoms with E-state index in [1.807, 2.05) is 13.8 Å². The van der Waals surface area contributed by atoms with Crippen LogP contribution in [0.3, 0.4) is 0 Å². The number of guanidine groups is 1. The number of nitrogens with two attached hydrogens (primary N) is 1. The molecule has 1 aliphatic rings. The molecule has 3 rings (SSSR count). The number of nitrogens with one attached hydrogen (secondary N) is 2. The van der Waals surface area contributed by atoms with Crippen LogP contribution in [0.5, 0.6) is 17.2 Å². The minimum absolute atomic E-state index is 0.0398. The molecular weight excluding hydrogens is 474 g/mol. The highest BCUT2D eigenvalue weighted by atomic mass is 32.2. The topological polar surface area (TPSA) is 137 Å². The third-order valence-electron chi connectivity index (χ3n) is 4.95. The summed E-state index contributed by atoms with van der Waals surface area (Å²) in [6.07, 6.45) is 0.820. The van der Waals surface area contributed by atoms with Crippen molar-refractivity contribution in [1.29, 1.82) is 0 Å². The zero-order valence-electron chi connectivity index (χ0n) is 20.0. The van der Waals surface area contributed by atoms with E-state index in [9.17, 15) is 8.42 Å². The monoisotopic (exact) mass is 507 g/mol. The van der Waals surface area contributed by atoms with Crippen molar-refractivity contribution in [2.24, 2.45) is 10.9 Å². The molecule has 0 bridgehead atoms. The Labute approximate surface area is 206 Å². The molecule has 0 amide bonds. The van der Waals surface area contributed by atoms with E-state index in [0.29, 0.717) is 37.9 Å². The molecule has 0 spiro atoms. The fourth-order valence-electron chi connectivity index (χ4n) is 3.30. The fourth-order valence-corrected chi connectivity index (χ4v) is 4.45. The van der Waals surface area contributed by atoms with E-state index in [0.717, 1.165) is 25.1 Å². The van der Waals surface area contributed by atoms with Gasteiger partial charge in [-0.05, 0) is 48.3 Å². The Bertz CT molecular complexity index is 1090. The molecule has 1 fully saturated rings. The third kappa shape index (κ3) is 8.67. The van der Waals surface area contributed by atoms with Crippen LogP contribution in [-0.4, -0.2) is 65.3 Å². The lowest BCUT2D eigenvalue weighted by atomic mass is 10.2. The summed E-state index contributed by atoms with van der Waals surface area (Å²) in [6.45, 7) is 8.08. The largest absolute Gasteiger partial charge is 0.456 e. The molecule has 11 nitrogen and oxygen atoms in total. The standard InChI is InChI=1S/C23H33N5O6S/c1-3-12-32-26-23(24)27-34-20-16-18(2)15-19(17-20)33-21-6-4-5-7-22(21)35(29,30)25-8-9-28-10-13-31-14-11-28/h4-7,15-17,25H,3,8-14H2,1-2H3,(H3,24,26,27). The Kier molecular flexibility index (Phi) is 10.1.